The zero-order valence-corrected chi connectivity index (χ0v) is 9.90. The Kier molecular flexibility index (Phi) is 2.57. The number of benzene rings is 1. The van der Waals surface area contributed by atoms with Crippen LogP contribution in [0, 0.1) is 0 Å². The lowest BCUT2D eigenvalue weighted by molar-refractivity contribution is 0.764. The molecule has 0 radical (unpaired) electrons. The van der Waals surface area contributed by atoms with Crippen molar-refractivity contribution in [2.24, 2.45) is 7.05 Å². The van der Waals surface area contributed by atoms with Crippen LogP contribution in [0.25, 0.3) is 0 Å². The molecule has 1 aromatic carbocycles. The van der Waals surface area contributed by atoms with Crippen molar-refractivity contribution < 1.29 is 0 Å². The minimum absolute atomic E-state index is 0.840. The van der Waals surface area contributed by atoms with E-state index in [1.54, 1.807) is 6.20 Å². The summed E-state index contributed by atoms with van der Waals surface area (Å²) in [6.45, 7) is 2.84. The Hall–Kier alpha value is -1.81. The van der Waals surface area contributed by atoms with Crippen molar-refractivity contribution in [3.05, 3.63) is 47.2 Å². The van der Waals surface area contributed by atoms with Gasteiger partial charge in [0.05, 0.1) is 6.20 Å². The van der Waals surface area contributed by atoms with Crippen LogP contribution in [-0.2, 0) is 26.7 Å². The average molecular weight is 228 g/mol. The minimum atomic E-state index is 0.840. The summed E-state index contributed by atoms with van der Waals surface area (Å²) in [5, 5.41) is 10.9. The Morgan fingerprint density at radius 1 is 1.29 bits per heavy atom. The van der Waals surface area contributed by atoms with E-state index in [-0.39, 0.29) is 0 Å². The second kappa shape index (κ2) is 4.22. The molecule has 0 atom stereocenters. The molecule has 4 nitrogen and oxygen atoms in total. The van der Waals surface area contributed by atoms with E-state index in [9.17, 15) is 0 Å². The monoisotopic (exact) mass is 228 g/mol. The van der Waals surface area contributed by atoms with Gasteiger partial charge in [0.1, 0.15) is 5.82 Å². The van der Waals surface area contributed by atoms with Crippen molar-refractivity contribution in [2.45, 2.75) is 19.6 Å². The van der Waals surface area contributed by atoms with E-state index in [0.717, 1.165) is 25.5 Å². The minimum Gasteiger partial charge on any atom is -0.366 e. The molecule has 2 aromatic rings. The summed E-state index contributed by atoms with van der Waals surface area (Å²) < 4.78 is 1.84. The van der Waals surface area contributed by atoms with Crippen LogP contribution in [-0.4, -0.2) is 9.78 Å². The molecule has 3 rings (SSSR count). The lowest BCUT2D eigenvalue weighted by atomic mass is 10.1. The van der Waals surface area contributed by atoms with Crippen LogP contribution >= 0.6 is 0 Å². The fraction of sp³-hybridized carbons (Fsp3) is 0.308. The maximum Gasteiger partial charge on any atom is 0.124 e. The van der Waals surface area contributed by atoms with Crippen molar-refractivity contribution in [1.82, 2.24) is 15.1 Å². The van der Waals surface area contributed by atoms with Crippen molar-refractivity contribution in [1.29, 1.82) is 0 Å². The topological polar surface area (TPSA) is 41.9 Å². The van der Waals surface area contributed by atoms with Crippen LogP contribution in [0.3, 0.4) is 0 Å². The van der Waals surface area contributed by atoms with Gasteiger partial charge in [-0.1, -0.05) is 18.2 Å². The number of fused-ring (bicyclic) bond motifs is 1. The predicted molar refractivity (Wildman–Crippen MR) is 67.5 cm³/mol. The third-order valence-corrected chi connectivity index (χ3v) is 3.20. The highest BCUT2D eigenvalue weighted by Gasteiger charge is 2.09. The number of rotatable bonds is 3. The molecule has 0 saturated carbocycles. The molecule has 0 aliphatic carbocycles. The summed E-state index contributed by atoms with van der Waals surface area (Å²) in [5.74, 6) is 1.05. The van der Waals surface area contributed by atoms with Crippen LogP contribution < -0.4 is 10.6 Å². The number of nitrogens with zero attached hydrogens (tertiary/aromatic N) is 2. The summed E-state index contributed by atoms with van der Waals surface area (Å²) >= 11 is 0. The van der Waals surface area contributed by atoms with Gasteiger partial charge in [0.25, 0.3) is 0 Å². The van der Waals surface area contributed by atoms with E-state index < -0.39 is 0 Å². The summed E-state index contributed by atoms with van der Waals surface area (Å²) in [7, 11) is 1.94. The van der Waals surface area contributed by atoms with Gasteiger partial charge in [0, 0.05) is 32.7 Å². The second-order valence-corrected chi connectivity index (χ2v) is 4.40. The van der Waals surface area contributed by atoms with E-state index in [2.05, 4.69) is 33.9 Å². The van der Waals surface area contributed by atoms with Crippen LogP contribution in [0.4, 0.5) is 5.82 Å². The third-order valence-electron chi connectivity index (χ3n) is 3.20. The lowest BCUT2D eigenvalue weighted by Crippen LogP contribution is -2.05. The van der Waals surface area contributed by atoms with Gasteiger partial charge in [-0.05, 0) is 16.7 Å². The van der Waals surface area contributed by atoms with Gasteiger partial charge < -0.3 is 10.6 Å². The van der Waals surface area contributed by atoms with Gasteiger partial charge in [0.2, 0.25) is 0 Å². The van der Waals surface area contributed by atoms with Gasteiger partial charge in [-0.3, -0.25) is 4.68 Å². The molecular weight excluding hydrogens is 212 g/mol. The third kappa shape index (κ3) is 2.03. The van der Waals surface area contributed by atoms with Crippen molar-refractivity contribution in [2.75, 3.05) is 5.32 Å². The van der Waals surface area contributed by atoms with Crippen LogP contribution in [0.15, 0.2) is 30.5 Å². The molecule has 0 fully saturated rings. The quantitative estimate of drug-likeness (QED) is 0.839. The SMILES string of the molecule is Cn1nccc1NCc1ccc2c(c1)CNC2. The first-order valence-electron chi connectivity index (χ1n) is 5.86. The highest BCUT2D eigenvalue weighted by atomic mass is 15.3. The molecule has 1 aliphatic heterocycles. The molecule has 0 unspecified atom stereocenters. The molecule has 0 bridgehead atoms. The van der Waals surface area contributed by atoms with E-state index in [1.165, 1.54) is 16.7 Å². The molecule has 1 aliphatic rings. The van der Waals surface area contributed by atoms with Crippen LogP contribution in [0.2, 0.25) is 0 Å². The predicted octanol–water partition coefficient (Wildman–Crippen LogP) is 1.64. The van der Waals surface area contributed by atoms with E-state index in [1.807, 2.05) is 17.8 Å². The number of aromatic nitrogens is 2. The molecule has 88 valence electrons. The standard InChI is InChI=1S/C13H16N4/c1-17-13(4-5-16-17)15-7-10-2-3-11-8-14-9-12(11)6-10/h2-6,14-15H,7-9H2,1H3. The Labute approximate surface area is 101 Å². The normalized spacial score (nSPS) is 13.7. The summed E-state index contributed by atoms with van der Waals surface area (Å²) in [4.78, 5) is 0. The van der Waals surface area contributed by atoms with Gasteiger partial charge in [-0.2, -0.15) is 5.10 Å². The Morgan fingerprint density at radius 2 is 2.18 bits per heavy atom. The Balaban J connectivity index is 1.72. The number of anilines is 1. The zero-order valence-electron chi connectivity index (χ0n) is 9.90. The fourth-order valence-electron chi connectivity index (χ4n) is 2.20. The zero-order chi connectivity index (χ0) is 11.7. The number of hydrogen-bond acceptors (Lipinski definition) is 3. The molecule has 17 heavy (non-hydrogen) atoms. The highest BCUT2D eigenvalue weighted by molar-refractivity contribution is 5.38. The van der Waals surface area contributed by atoms with E-state index in [4.69, 9.17) is 0 Å². The number of hydrogen-bond donors (Lipinski definition) is 2. The molecule has 2 N–H and O–H groups in total. The largest absolute Gasteiger partial charge is 0.366 e. The molecule has 1 aromatic heterocycles. The maximum atomic E-state index is 4.13. The van der Waals surface area contributed by atoms with Gasteiger partial charge in [0.15, 0.2) is 0 Å². The summed E-state index contributed by atoms with van der Waals surface area (Å²) in [5.41, 5.74) is 4.16. The summed E-state index contributed by atoms with van der Waals surface area (Å²) in [6, 6.07) is 8.67. The molecule has 0 spiro atoms. The van der Waals surface area contributed by atoms with Crippen LogP contribution in [0.5, 0.6) is 0 Å². The first-order chi connectivity index (χ1) is 8.33. The molecule has 0 amide bonds. The Bertz CT molecular complexity index is 530. The maximum absolute atomic E-state index is 4.13. The second-order valence-electron chi connectivity index (χ2n) is 4.40. The number of nitrogens with one attached hydrogen (secondary N) is 2. The Morgan fingerprint density at radius 3 is 3.00 bits per heavy atom. The number of aryl methyl sites for hydroxylation is 1. The molecule has 2 heterocycles. The van der Waals surface area contributed by atoms with E-state index >= 15 is 0 Å². The first kappa shape index (κ1) is 10.4. The highest BCUT2D eigenvalue weighted by Crippen LogP contribution is 2.17. The molecule has 4 heteroatoms. The summed E-state index contributed by atoms with van der Waals surface area (Å²) in [6.07, 6.45) is 1.80. The fourth-order valence-corrected chi connectivity index (χ4v) is 2.20. The van der Waals surface area contributed by atoms with Gasteiger partial charge in [-0.25, -0.2) is 0 Å². The van der Waals surface area contributed by atoms with E-state index in [0.29, 0.717) is 0 Å². The van der Waals surface area contributed by atoms with Gasteiger partial charge in [-0.15, -0.1) is 0 Å². The lowest BCUT2D eigenvalue weighted by Gasteiger charge is -2.08. The molecular formula is C13H16N4. The average Bonchev–Trinajstić information content (AvgIpc) is 2.94. The van der Waals surface area contributed by atoms with Crippen molar-refractivity contribution >= 4 is 5.82 Å². The van der Waals surface area contributed by atoms with Crippen molar-refractivity contribution in [3.63, 3.8) is 0 Å². The molecule has 0 saturated heterocycles. The van der Waals surface area contributed by atoms with Crippen LogP contribution in [0.1, 0.15) is 16.7 Å². The first-order valence-corrected chi connectivity index (χ1v) is 5.86. The van der Waals surface area contributed by atoms with Crippen molar-refractivity contribution in [3.8, 4) is 0 Å². The smallest absolute Gasteiger partial charge is 0.124 e. The van der Waals surface area contributed by atoms with Gasteiger partial charge >= 0.3 is 0 Å².